The van der Waals surface area contributed by atoms with Gasteiger partial charge in [-0.05, 0) is 49.4 Å². The summed E-state index contributed by atoms with van der Waals surface area (Å²) < 4.78 is 18.3. The molecule has 210 valence electrons. The predicted octanol–water partition coefficient (Wildman–Crippen LogP) is 3.47. The Labute approximate surface area is 219 Å². The van der Waals surface area contributed by atoms with Crippen LogP contribution in [0, 0.1) is 29.1 Å². The molecular weight excluding hydrogens is 480 g/mol. The van der Waals surface area contributed by atoms with Crippen LogP contribution in [0.15, 0.2) is 0 Å². The maximum Gasteiger partial charge on any atom is 0.407 e. The fraction of sp³-hybridized carbons (Fsp3) is 0.889. The Morgan fingerprint density at radius 2 is 1.89 bits per heavy atom. The van der Waals surface area contributed by atoms with Crippen LogP contribution >= 0.6 is 0 Å². The standard InChI is InChI=1S/C27H44N2O8/c1-16-7-8-19-17(2)20(34-23-27(19)18(16)9-12-26(6,35-23)36-37-27)11-14-33-24(32)28-13-10-22(31)29-21(15-30)25(3,4)5/h15-21,23H,7-14H2,1-6H3,(H,28,32)(H,29,31). The summed E-state index contributed by atoms with van der Waals surface area (Å²) in [6.07, 6.45) is 3.99. The van der Waals surface area contributed by atoms with Gasteiger partial charge in [0.1, 0.15) is 6.29 Å². The lowest BCUT2D eigenvalue weighted by atomic mass is 9.57. The van der Waals surface area contributed by atoms with Crippen LogP contribution in [0.25, 0.3) is 0 Å². The van der Waals surface area contributed by atoms with Crippen molar-refractivity contribution >= 4 is 18.3 Å². The third-order valence-electron chi connectivity index (χ3n) is 8.94. The largest absolute Gasteiger partial charge is 0.449 e. The van der Waals surface area contributed by atoms with Gasteiger partial charge in [0.25, 0.3) is 0 Å². The van der Waals surface area contributed by atoms with Gasteiger partial charge in [0, 0.05) is 31.7 Å². The lowest BCUT2D eigenvalue weighted by molar-refractivity contribution is -0.571. The maximum absolute atomic E-state index is 12.2. The second kappa shape index (κ2) is 10.8. The molecule has 10 heteroatoms. The van der Waals surface area contributed by atoms with Crippen molar-refractivity contribution in [2.24, 2.45) is 29.1 Å². The van der Waals surface area contributed by atoms with Crippen LogP contribution in [-0.2, 0) is 33.6 Å². The van der Waals surface area contributed by atoms with Crippen LogP contribution in [0.4, 0.5) is 4.79 Å². The number of amides is 2. The molecule has 0 aromatic heterocycles. The first kappa shape index (κ1) is 28.3. The number of ether oxygens (including phenoxy) is 3. The number of rotatable bonds is 8. The van der Waals surface area contributed by atoms with E-state index < -0.39 is 29.8 Å². The molecule has 5 rings (SSSR count). The number of hydrogen-bond donors (Lipinski definition) is 2. The quantitative estimate of drug-likeness (QED) is 0.366. The molecule has 4 aliphatic heterocycles. The Bertz CT molecular complexity index is 862. The molecule has 2 N–H and O–H groups in total. The summed E-state index contributed by atoms with van der Waals surface area (Å²) in [5.74, 6) is 0.118. The van der Waals surface area contributed by atoms with Crippen LogP contribution in [0.2, 0.25) is 0 Å². The van der Waals surface area contributed by atoms with E-state index in [0.29, 0.717) is 18.3 Å². The van der Waals surface area contributed by atoms with E-state index in [2.05, 4.69) is 24.5 Å². The number of carbonyl (C=O) groups excluding carboxylic acids is 3. The normalized spacial score (nSPS) is 39.6. The van der Waals surface area contributed by atoms with E-state index in [1.165, 1.54) is 0 Å². The Morgan fingerprint density at radius 1 is 1.14 bits per heavy atom. The zero-order chi connectivity index (χ0) is 27.0. The lowest BCUT2D eigenvalue weighted by Crippen LogP contribution is -2.70. The number of alkyl carbamates (subject to hydrolysis) is 1. The van der Waals surface area contributed by atoms with Gasteiger partial charge in [0.2, 0.25) is 11.7 Å². The number of carbonyl (C=O) groups is 3. The topological polar surface area (TPSA) is 121 Å². The number of hydrogen-bond acceptors (Lipinski definition) is 8. The van der Waals surface area contributed by atoms with Crippen molar-refractivity contribution in [2.45, 2.75) is 110 Å². The summed E-state index contributed by atoms with van der Waals surface area (Å²) in [7, 11) is 0. The summed E-state index contributed by atoms with van der Waals surface area (Å²) in [4.78, 5) is 47.5. The van der Waals surface area contributed by atoms with Gasteiger partial charge in [-0.2, -0.15) is 0 Å². The number of fused-ring (bicyclic) bond motifs is 2. The number of aldehydes is 1. The van der Waals surface area contributed by atoms with E-state index in [4.69, 9.17) is 24.0 Å². The summed E-state index contributed by atoms with van der Waals surface area (Å²) in [6.45, 7) is 12.3. The molecule has 0 radical (unpaired) electrons. The molecule has 5 aliphatic rings. The van der Waals surface area contributed by atoms with Gasteiger partial charge < -0.3 is 29.6 Å². The highest BCUT2D eigenvalue weighted by molar-refractivity contribution is 5.80. The highest BCUT2D eigenvalue weighted by Gasteiger charge is 2.69. The fourth-order valence-corrected chi connectivity index (χ4v) is 6.61. The Kier molecular flexibility index (Phi) is 8.24. The zero-order valence-corrected chi connectivity index (χ0v) is 23.0. The smallest absolute Gasteiger partial charge is 0.407 e. The Balaban J connectivity index is 1.25. The molecule has 1 saturated carbocycles. The molecule has 4 saturated heterocycles. The van der Waals surface area contributed by atoms with Crippen LogP contribution in [0.3, 0.4) is 0 Å². The van der Waals surface area contributed by atoms with E-state index in [9.17, 15) is 14.4 Å². The predicted molar refractivity (Wildman–Crippen MR) is 133 cm³/mol. The SMILES string of the molecule is CC1CCC2C(C)C(CCOC(=O)NCCC(=O)NC(C=O)C(C)(C)C)OC3OC4(C)CCC1C32OO4. The Hall–Kier alpha value is -1.75. The van der Waals surface area contributed by atoms with E-state index in [0.717, 1.165) is 32.0 Å². The molecule has 0 aromatic carbocycles. The highest BCUT2D eigenvalue weighted by atomic mass is 17.3. The summed E-state index contributed by atoms with van der Waals surface area (Å²) in [6, 6.07) is -0.585. The van der Waals surface area contributed by atoms with Crippen LogP contribution in [0.5, 0.6) is 0 Å². The van der Waals surface area contributed by atoms with Crippen molar-refractivity contribution in [2.75, 3.05) is 13.2 Å². The second-order valence-electron chi connectivity index (χ2n) is 12.6. The average molecular weight is 525 g/mol. The van der Waals surface area contributed by atoms with Crippen LogP contribution in [-0.4, -0.2) is 61.3 Å². The van der Waals surface area contributed by atoms with Crippen molar-refractivity contribution in [3.8, 4) is 0 Å². The van der Waals surface area contributed by atoms with Gasteiger partial charge >= 0.3 is 6.09 Å². The molecule has 9 unspecified atom stereocenters. The molecule has 1 spiro atoms. The third kappa shape index (κ3) is 5.67. The van der Waals surface area contributed by atoms with Gasteiger partial charge in [-0.15, -0.1) is 0 Å². The molecule has 5 fully saturated rings. The molecule has 4 heterocycles. The minimum absolute atomic E-state index is 0.0570. The highest BCUT2D eigenvalue weighted by Crippen LogP contribution is 2.60. The van der Waals surface area contributed by atoms with E-state index >= 15 is 0 Å². The molecule has 37 heavy (non-hydrogen) atoms. The first-order valence-electron chi connectivity index (χ1n) is 13.7. The molecule has 0 aromatic rings. The second-order valence-corrected chi connectivity index (χ2v) is 12.6. The lowest BCUT2D eigenvalue weighted by Gasteiger charge is -2.60. The Morgan fingerprint density at radius 3 is 2.59 bits per heavy atom. The van der Waals surface area contributed by atoms with E-state index in [-0.39, 0.29) is 48.8 Å². The molecule has 10 nitrogen and oxygen atoms in total. The maximum atomic E-state index is 12.2. The number of nitrogens with one attached hydrogen (secondary N) is 2. The van der Waals surface area contributed by atoms with Crippen LogP contribution in [0.1, 0.15) is 80.1 Å². The van der Waals surface area contributed by atoms with Gasteiger partial charge in [0.05, 0.1) is 18.8 Å². The minimum Gasteiger partial charge on any atom is -0.449 e. The van der Waals surface area contributed by atoms with Crippen molar-refractivity contribution in [1.82, 2.24) is 10.6 Å². The average Bonchev–Trinajstić information content (AvgIpc) is 3.05. The summed E-state index contributed by atoms with van der Waals surface area (Å²) >= 11 is 0. The van der Waals surface area contributed by atoms with Crippen molar-refractivity contribution in [3.63, 3.8) is 0 Å². The van der Waals surface area contributed by atoms with Crippen molar-refractivity contribution < 1.29 is 38.4 Å². The first-order chi connectivity index (χ1) is 17.4. The van der Waals surface area contributed by atoms with Crippen molar-refractivity contribution in [1.29, 1.82) is 0 Å². The molecule has 2 amide bonds. The summed E-state index contributed by atoms with van der Waals surface area (Å²) in [5.41, 5.74) is -0.977. The van der Waals surface area contributed by atoms with Gasteiger partial charge in [0.15, 0.2) is 11.9 Å². The zero-order valence-electron chi connectivity index (χ0n) is 23.0. The van der Waals surface area contributed by atoms with Crippen LogP contribution < -0.4 is 10.6 Å². The fourth-order valence-electron chi connectivity index (χ4n) is 6.61. The molecular formula is C27H44N2O8. The molecule has 2 bridgehead atoms. The first-order valence-corrected chi connectivity index (χ1v) is 13.7. The van der Waals surface area contributed by atoms with E-state index in [1.54, 1.807) is 0 Å². The van der Waals surface area contributed by atoms with E-state index in [1.807, 2.05) is 27.7 Å². The van der Waals surface area contributed by atoms with Gasteiger partial charge in [-0.3, -0.25) is 4.79 Å². The third-order valence-corrected chi connectivity index (χ3v) is 8.94. The minimum atomic E-state index is -0.816. The van der Waals surface area contributed by atoms with Crippen molar-refractivity contribution in [3.05, 3.63) is 0 Å². The molecule has 1 aliphatic carbocycles. The monoisotopic (exact) mass is 524 g/mol. The van der Waals surface area contributed by atoms with Gasteiger partial charge in [-0.25, -0.2) is 14.6 Å². The molecule has 9 atom stereocenters. The van der Waals surface area contributed by atoms with Gasteiger partial charge in [-0.1, -0.05) is 34.6 Å². The summed E-state index contributed by atoms with van der Waals surface area (Å²) in [5, 5.41) is 5.29.